The van der Waals surface area contributed by atoms with E-state index in [4.69, 9.17) is 11.6 Å². The highest BCUT2D eigenvalue weighted by Crippen LogP contribution is 2.23. The Kier molecular flexibility index (Phi) is 7.27. The molecule has 1 aromatic carbocycles. The Bertz CT molecular complexity index is 537. The van der Waals surface area contributed by atoms with E-state index in [1.54, 1.807) is 11.9 Å². The van der Waals surface area contributed by atoms with Gasteiger partial charge in [0.25, 0.3) is 5.69 Å². The van der Waals surface area contributed by atoms with Gasteiger partial charge in [-0.1, -0.05) is 24.9 Å². The molecule has 0 unspecified atom stereocenters. The minimum atomic E-state index is -0.459. The van der Waals surface area contributed by atoms with Crippen LogP contribution in [-0.4, -0.2) is 35.4 Å². The third-order valence-electron chi connectivity index (χ3n) is 3.22. The lowest BCUT2D eigenvalue weighted by Crippen LogP contribution is -2.39. The summed E-state index contributed by atoms with van der Waals surface area (Å²) in [6, 6.07) is 4.46. The van der Waals surface area contributed by atoms with Crippen molar-refractivity contribution in [3.8, 4) is 0 Å². The van der Waals surface area contributed by atoms with Gasteiger partial charge in [0.05, 0.1) is 11.5 Å². The summed E-state index contributed by atoms with van der Waals surface area (Å²) in [6.45, 7) is 4.63. The molecule has 6 nitrogen and oxygen atoms in total. The Morgan fingerprint density at radius 2 is 2.18 bits per heavy atom. The van der Waals surface area contributed by atoms with Gasteiger partial charge in [0.2, 0.25) is 5.91 Å². The Morgan fingerprint density at radius 1 is 1.50 bits per heavy atom. The number of nitrogens with zero attached hydrogens (tertiary/aromatic N) is 2. The molecule has 22 heavy (non-hydrogen) atoms. The van der Waals surface area contributed by atoms with Crippen molar-refractivity contribution in [2.45, 2.75) is 39.3 Å². The van der Waals surface area contributed by atoms with Crippen molar-refractivity contribution in [1.29, 1.82) is 0 Å². The summed E-state index contributed by atoms with van der Waals surface area (Å²) in [5, 5.41) is 14.2. The van der Waals surface area contributed by atoms with Gasteiger partial charge in [0, 0.05) is 29.7 Å². The van der Waals surface area contributed by atoms with E-state index in [0.29, 0.717) is 17.1 Å². The van der Waals surface area contributed by atoms with Crippen molar-refractivity contribution in [2.75, 3.05) is 13.6 Å². The van der Waals surface area contributed by atoms with E-state index in [2.05, 4.69) is 12.2 Å². The van der Waals surface area contributed by atoms with Crippen LogP contribution >= 0.6 is 11.6 Å². The minimum absolute atomic E-state index is 0.00572. The Hall–Kier alpha value is -1.66. The van der Waals surface area contributed by atoms with Crippen molar-refractivity contribution >= 4 is 23.2 Å². The van der Waals surface area contributed by atoms with Crippen molar-refractivity contribution in [2.24, 2.45) is 0 Å². The lowest BCUT2D eigenvalue weighted by Gasteiger charge is -2.19. The fraction of sp³-hybridized carbons (Fsp3) is 0.533. The van der Waals surface area contributed by atoms with Crippen LogP contribution in [0.3, 0.4) is 0 Å². The number of hydrogen-bond acceptors (Lipinski definition) is 4. The lowest BCUT2D eigenvalue weighted by atomic mass is 10.2. The number of benzene rings is 1. The van der Waals surface area contributed by atoms with E-state index in [1.165, 1.54) is 18.2 Å². The molecule has 0 aliphatic carbocycles. The zero-order chi connectivity index (χ0) is 16.7. The summed E-state index contributed by atoms with van der Waals surface area (Å²) in [7, 11) is 1.78. The fourth-order valence-corrected chi connectivity index (χ4v) is 2.39. The van der Waals surface area contributed by atoms with E-state index in [0.717, 1.165) is 12.8 Å². The maximum Gasteiger partial charge on any atom is 0.269 e. The largest absolute Gasteiger partial charge is 0.353 e. The van der Waals surface area contributed by atoms with Crippen molar-refractivity contribution in [3.63, 3.8) is 0 Å². The molecule has 0 aliphatic rings. The highest BCUT2D eigenvalue weighted by molar-refractivity contribution is 6.31. The molecular formula is C15H22ClN3O3. The molecule has 1 atom stereocenters. The van der Waals surface area contributed by atoms with Crippen LogP contribution in [0.2, 0.25) is 5.02 Å². The van der Waals surface area contributed by atoms with Gasteiger partial charge in [-0.3, -0.25) is 19.8 Å². The number of likely N-dealkylation sites (N-methyl/N-ethyl adjacent to an activating group) is 1. The predicted molar refractivity (Wildman–Crippen MR) is 87.0 cm³/mol. The molecule has 0 saturated heterocycles. The first-order chi connectivity index (χ1) is 10.3. The van der Waals surface area contributed by atoms with Crippen molar-refractivity contribution in [1.82, 2.24) is 10.2 Å². The van der Waals surface area contributed by atoms with Crippen LogP contribution in [0.5, 0.6) is 0 Å². The number of carbonyl (C=O) groups excluding carboxylic acids is 1. The second-order valence-corrected chi connectivity index (χ2v) is 5.87. The number of nitrogens with one attached hydrogen (secondary N) is 1. The summed E-state index contributed by atoms with van der Waals surface area (Å²) in [5.74, 6) is -0.0648. The van der Waals surface area contributed by atoms with E-state index in [1.807, 2.05) is 6.92 Å². The standard InChI is InChI=1S/C15H22ClN3O3/c1-4-5-11(2)17-15(20)10-18(3)9-12-8-13(19(21)22)6-7-14(12)16/h6-8,11H,4-5,9-10H2,1-3H3,(H,17,20)/t11-/m1/s1. The third kappa shape index (κ3) is 5.99. The minimum Gasteiger partial charge on any atom is -0.353 e. The van der Waals surface area contributed by atoms with Gasteiger partial charge in [-0.2, -0.15) is 0 Å². The van der Waals surface area contributed by atoms with Crippen LogP contribution in [-0.2, 0) is 11.3 Å². The van der Waals surface area contributed by atoms with Gasteiger partial charge in [-0.05, 0) is 32.0 Å². The molecule has 1 N–H and O–H groups in total. The Morgan fingerprint density at radius 3 is 2.77 bits per heavy atom. The summed E-state index contributed by atoms with van der Waals surface area (Å²) in [6.07, 6.45) is 1.95. The maximum absolute atomic E-state index is 11.9. The lowest BCUT2D eigenvalue weighted by molar-refractivity contribution is -0.384. The number of nitro benzene ring substituents is 1. The maximum atomic E-state index is 11.9. The van der Waals surface area contributed by atoms with Gasteiger partial charge in [-0.15, -0.1) is 0 Å². The van der Waals surface area contributed by atoms with Crippen LogP contribution < -0.4 is 5.32 Å². The molecule has 0 aromatic heterocycles. The fourth-order valence-electron chi connectivity index (χ4n) is 2.21. The van der Waals surface area contributed by atoms with E-state index in [-0.39, 0.29) is 24.2 Å². The number of nitro groups is 1. The average Bonchev–Trinajstić information content (AvgIpc) is 2.40. The monoisotopic (exact) mass is 327 g/mol. The quantitative estimate of drug-likeness (QED) is 0.588. The second-order valence-electron chi connectivity index (χ2n) is 5.46. The molecule has 7 heteroatoms. The van der Waals surface area contributed by atoms with Gasteiger partial charge < -0.3 is 5.32 Å². The molecule has 0 heterocycles. The zero-order valence-corrected chi connectivity index (χ0v) is 13.9. The Labute approximate surface area is 135 Å². The number of halogens is 1. The summed E-state index contributed by atoms with van der Waals surface area (Å²) < 4.78 is 0. The molecular weight excluding hydrogens is 306 g/mol. The molecule has 0 radical (unpaired) electrons. The topological polar surface area (TPSA) is 75.5 Å². The highest BCUT2D eigenvalue weighted by Gasteiger charge is 2.14. The highest BCUT2D eigenvalue weighted by atomic mass is 35.5. The first-order valence-electron chi connectivity index (χ1n) is 7.24. The molecule has 1 amide bonds. The van der Waals surface area contributed by atoms with Gasteiger partial charge in [0.15, 0.2) is 0 Å². The SMILES string of the molecule is CCC[C@@H](C)NC(=O)CN(C)Cc1cc([N+](=O)[O-])ccc1Cl. The van der Waals surface area contributed by atoms with Gasteiger partial charge in [0.1, 0.15) is 0 Å². The van der Waals surface area contributed by atoms with Crippen molar-refractivity contribution < 1.29 is 9.72 Å². The zero-order valence-electron chi connectivity index (χ0n) is 13.1. The molecule has 0 spiro atoms. The molecule has 1 rings (SSSR count). The molecule has 0 fully saturated rings. The normalized spacial score (nSPS) is 12.2. The van der Waals surface area contributed by atoms with Gasteiger partial charge in [-0.25, -0.2) is 0 Å². The summed E-state index contributed by atoms with van der Waals surface area (Å²) in [5.41, 5.74) is 0.626. The van der Waals surface area contributed by atoms with E-state index in [9.17, 15) is 14.9 Å². The molecule has 0 bridgehead atoms. The van der Waals surface area contributed by atoms with E-state index < -0.39 is 4.92 Å². The number of non-ortho nitro benzene ring substituents is 1. The number of rotatable bonds is 8. The molecule has 0 saturated carbocycles. The summed E-state index contributed by atoms with van der Waals surface area (Å²) in [4.78, 5) is 24.0. The average molecular weight is 328 g/mol. The molecule has 122 valence electrons. The number of carbonyl (C=O) groups is 1. The Balaban J connectivity index is 2.61. The third-order valence-corrected chi connectivity index (χ3v) is 3.59. The van der Waals surface area contributed by atoms with Crippen molar-refractivity contribution in [3.05, 3.63) is 38.9 Å². The van der Waals surface area contributed by atoms with Crippen LogP contribution in [0.1, 0.15) is 32.3 Å². The van der Waals surface area contributed by atoms with E-state index >= 15 is 0 Å². The molecule has 1 aromatic rings. The molecule has 0 aliphatic heterocycles. The van der Waals surface area contributed by atoms with Crippen LogP contribution in [0.4, 0.5) is 5.69 Å². The van der Waals surface area contributed by atoms with Gasteiger partial charge >= 0.3 is 0 Å². The van der Waals surface area contributed by atoms with Crippen LogP contribution in [0.15, 0.2) is 18.2 Å². The smallest absolute Gasteiger partial charge is 0.269 e. The number of amides is 1. The predicted octanol–water partition coefficient (Wildman–Crippen LogP) is 2.98. The second kappa shape index (κ2) is 8.70. The summed E-state index contributed by atoms with van der Waals surface area (Å²) >= 11 is 6.06. The first-order valence-corrected chi connectivity index (χ1v) is 7.62. The van der Waals surface area contributed by atoms with Crippen LogP contribution in [0, 0.1) is 10.1 Å². The van der Waals surface area contributed by atoms with Crippen LogP contribution in [0.25, 0.3) is 0 Å². The first kappa shape index (κ1) is 18.4. The number of hydrogen-bond donors (Lipinski definition) is 1.